The monoisotopic (exact) mass is 416 g/mol. The first-order chi connectivity index (χ1) is 13.7. The minimum atomic E-state index is -0.663. The Labute approximate surface area is 178 Å². The van der Waals surface area contributed by atoms with Gasteiger partial charge in [-0.3, -0.25) is 9.59 Å². The fourth-order valence-electron chi connectivity index (χ4n) is 3.04. The lowest BCUT2D eigenvalue weighted by molar-refractivity contribution is -0.142. The molecule has 0 aromatic heterocycles. The molecule has 0 saturated carbocycles. The van der Waals surface area contributed by atoms with Gasteiger partial charge in [0.05, 0.1) is 0 Å². The van der Waals surface area contributed by atoms with Crippen molar-refractivity contribution in [2.24, 2.45) is 0 Å². The standard InChI is InChI=1S/C23H29ClN2O3/c1-15(2)25-23(28)18(5)26(13-19-8-6-7-9-21(19)24)22(27)14-29-20-11-16(3)10-17(4)12-20/h6-12,15,18H,13-14H2,1-5H3,(H,25,28)/t18-/m0/s1. The molecule has 156 valence electrons. The van der Waals surface area contributed by atoms with Crippen LogP contribution in [0.1, 0.15) is 37.5 Å². The van der Waals surface area contributed by atoms with E-state index in [0.717, 1.165) is 16.7 Å². The highest BCUT2D eigenvalue weighted by atomic mass is 35.5. The fraction of sp³-hybridized carbons (Fsp3) is 0.391. The predicted molar refractivity (Wildman–Crippen MR) is 116 cm³/mol. The van der Waals surface area contributed by atoms with Crippen molar-refractivity contribution in [3.8, 4) is 5.75 Å². The van der Waals surface area contributed by atoms with Gasteiger partial charge < -0.3 is 15.0 Å². The van der Waals surface area contributed by atoms with Gasteiger partial charge in [0.15, 0.2) is 6.61 Å². The summed E-state index contributed by atoms with van der Waals surface area (Å²) in [6.07, 6.45) is 0. The molecule has 2 aromatic carbocycles. The van der Waals surface area contributed by atoms with Crippen LogP contribution in [0.15, 0.2) is 42.5 Å². The Morgan fingerprint density at radius 3 is 2.28 bits per heavy atom. The molecule has 2 aromatic rings. The molecule has 2 amide bonds. The minimum absolute atomic E-state index is 0.0197. The Morgan fingerprint density at radius 2 is 1.69 bits per heavy atom. The van der Waals surface area contributed by atoms with Crippen LogP contribution in [-0.4, -0.2) is 35.4 Å². The summed E-state index contributed by atoms with van der Waals surface area (Å²) in [5.41, 5.74) is 2.90. The molecule has 6 heteroatoms. The van der Waals surface area contributed by atoms with E-state index in [4.69, 9.17) is 16.3 Å². The van der Waals surface area contributed by atoms with Gasteiger partial charge in [-0.05, 0) is 69.5 Å². The van der Waals surface area contributed by atoms with Crippen LogP contribution in [0.4, 0.5) is 0 Å². The van der Waals surface area contributed by atoms with Gasteiger partial charge in [-0.15, -0.1) is 0 Å². The number of carbonyl (C=O) groups excluding carboxylic acids is 2. The van der Waals surface area contributed by atoms with E-state index in [9.17, 15) is 9.59 Å². The number of rotatable bonds is 8. The van der Waals surface area contributed by atoms with Gasteiger partial charge in [-0.1, -0.05) is 35.9 Å². The third kappa shape index (κ3) is 6.79. The second-order valence-electron chi connectivity index (χ2n) is 7.56. The number of halogens is 1. The van der Waals surface area contributed by atoms with Crippen molar-refractivity contribution < 1.29 is 14.3 Å². The van der Waals surface area contributed by atoms with Crippen LogP contribution in [0.5, 0.6) is 5.75 Å². The molecule has 1 N–H and O–H groups in total. The number of carbonyl (C=O) groups is 2. The zero-order chi connectivity index (χ0) is 21.6. The number of nitrogens with zero attached hydrogens (tertiary/aromatic N) is 1. The van der Waals surface area contributed by atoms with Crippen LogP contribution in [0, 0.1) is 13.8 Å². The van der Waals surface area contributed by atoms with Crippen LogP contribution < -0.4 is 10.1 Å². The highest BCUT2D eigenvalue weighted by Crippen LogP contribution is 2.20. The summed E-state index contributed by atoms with van der Waals surface area (Å²) in [4.78, 5) is 27.1. The van der Waals surface area contributed by atoms with Crippen molar-refractivity contribution >= 4 is 23.4 Å². The molecule has 0 unspecified atom stereocenters. The van der Waals surface area contributed by atoms with Crippen molar-refractivity contribution in [1.82, 2.24) is 10.2 Å². The van der Waals surface area contributed by atoms with E-state index in [1.54, 1.807) is 13.0 Å². The lowest BCUT2D eigenvalue weighted by Gasteiger charge is -2.29. The first-order valence-electron chi connectivity index (χ1n) is 9.71. The van der Waals surface area contributed by atoms with Gasteiger partial charge >= 0.3 is 0 Å². The molecule has 29 heavy (non-hydrogen) atoms. The summed E-state index contributed by atoms with van der Waals surface area (Å²) in [5.74, 6) is 0.134. The van der Waals surface area contributed by atoms with Gasteiger partial charge in [0.1, 0.15) is 11.8 Å². The van der Waals surface area contributed by atoms with Gasteiger partial charge in [-0.2, -0.15) is 0 Å². The number of hydrogen-bond acceptors (Lipinski definition) is 3. The van der Waals surface area contributed by atoms with Crippen molar-refractivity contribution in [2.45, 2.75) is 53.2 Å². The summed E-state index contributed by atoms with van der Waals surface area (Å²) < 4.78 is 5.73. The molecule has 0 aliphatic rings. The second kappa shape index (κ2) is 10.3. The first-order valence-corrected chi connectivity index (χ1v) is 10.1. The fourth-order valence-corrected chi connectivity index (χ4v) is 3.24. The van der Waals surface area contributed by atoms with Crippen LogP contribution in [0.3, 0.4) is 0 Å². The lowest BCUT2D eigenvalue weighted by atomic mass is 10.1. The first kappa shape index (κ1) is 22.8. The Morgan fingerprint density at radius 1 is 1.07 bits per heavy atom. The van der Waals surface area contributed by atoms with Gasteiger partial charge in [0, 0.05) is 17.6 Å². The Balaban J connectivity index is 2.19. The number of hydrogen-bond donors (Lipinski definition) is 1. The maximum atomic E-state index is 13.0. The molecule has 0 aliphatic heterocycles. The van der Waals surface area contributed by atoms with Crippen molar-refractivity contribution in [1.29, 1.82) is 0 Å². The van der Waals surface area contributed by atoms with E-state index in [1.165, 1.54) is 4.90 Å². The number of ether oxygens (including phenoxy) is 1. The van der Waals surface area contributed by atoms with Gasteiger partial charge in [-0.25, -0.2) is 0 Å². The average molecular weight is 417 g/mol. The summed E-state index contributed by atoms with van der Waals surface area (Å²) >= 11 is 6.28. The van der Waals surface area contributed by atoms with Crippen LogP contribution in [-0.2, 0) is 16.1 Å². The van der Waals surface area contributed by atoms with Crippen molar-refractivity contribution in [3.05, 3.63) is 64.2 Å². The molecule has 5 nitrogen and oxygen atoms in total. The second-order valence-corrected chi connectivity index (χ2v) is 7.97. The highest BCUT2D eigenvalue weighted by Gasteiger charge is 2.27. The Kier molecular flexibility index (Phi) is 8.09. The third-order valence-electron chi connectivity index (χ3n) is 4.45. The maximum absolute atomic E-state index is 13.0. The van der Waals surface area contributed by atoms with E-state index >= 15 is 0 Å². The lowest BCUT2D eigenvalue weighted by Crippen LogP contribution is -2.50. The van der Waals surface area contributed by atoms with Crippen molar-refractivity contribution in [3.63, 3.8) is 0 Å². The maximum Gasteiger partial charge on any atom is 0.261 e. The summed E-state index contributed by atoms with van der Waals surface area (Å²) in [6, 6.07) is 12.4. The average Bonchev–Trinajstić information content (AvgIpc) is 2.63. The Hall–Kier alpha value is -2.53. The molecule has 0 fully saturated rings. The van der Waals surface area contributed by atoms with Gasteiger partial charge in [0.25, 0.3) is 5.91 Å². The summed E-state index contributed by atoms with van der Waals surface area (Å²) in [7, 11) is 0. The largest absolute Gasteiger partial charge is 0.484 e. The zero-order valence-electron chi connectivity index (χ0n) is 17.7. The zero-order valence-corrected chi connectivity index (χ0v) is 18.4. The van der Waals surface area contributed by atoms with Crippen LogP contribution in [0.2, 0.25) is 5.02 Å². The van der Waals surface area contributed by atoms with E-state index in [1.807, 2.05) is 64.1 Å². The highest BCUT2D eigenvalue weighted by molar-refractivity contribution is 6.31. The normalized spacial score (nSPS) is 11.8. The molecule has 0 heterocycles. The van der Waals surface area contributed by atoms with E-state index in [2.05, 4.69) is 5.32 Å². The quantitative estimate of drug-likeness (QED) is 0.698. The molecule has 0 saturated heterocycles. The molecule has 0 aliphatic carbocycles. The molecule has 0 radical (unpaired) electrons. The SMILES string of the molecule is Cc1cc(C)cc(OCC(=O)N(Cc2ccccc2Cl)[C@@H](C)C(=O)NC(C)C)c1. The molecule has 2 rings (SSSR count). The number of amides is 2. The van der Waals surface area contributed by atoms with E-state index < -0.39 is 6.04 Å². The molecular weight excluding hydrogens is 388 g/mol. The van der Waals surface area contributed by atoms with E-state index in [-0.39, 0.29) is 31.0 Å². The molecule has 0 bridgehead atoms. The smallest absolute Gasteiger partial charge is 0.261 e. The van der Waals surface area contributed by atoms with Crippen LogP contribution in [0.25, 0.3) is 0 Å². The minimum Gasteiger partial charge on any atom is -0.484 e. The number of nitrogens with one attached hydrogen (secondary N) is 1. The molecule has 1 atom stereocenters. The third-order valence-corrected chi connectivity index (χ3v) is 4.82. The number of benzene rings is 2. The van der Waals surface area contributed by atoms with Gasteiger partial charge in [0.2, 0.25) is 5.91 Å². The number of aryl methyl sites for hydroxylation is 2. The van der Waals surface area contributed by atoms with Crippen molar-refractivity contribution in [2.75, 3.05) is 6.61 Å². The summed E-state index contributed by atoms with van der Waals surface area (Å²) in [6.45, 7) is 9.49. The summed E-state index contributed by atoms with van der Waals surface area (Å²) in [5, 5.41) is 3.41. The van der Waals surface area contributed by atoms with E-state index in [0.29, 0.717) is 10.8 Å². The predicted octanol–water partition coefficient (Wildman–Crippen LogP) is 4.28. The molecular formula is C23H29ClN2O3. The topological polar surface area (TPSA) is 58.6 Å². The molecule has 0 spiro atoms. The Bertz CT molecular complexity index is 847. The van der Waals surface area contributed by atoms with Crippen LogP contribution >= 0.6 is 11.6 Å².